The molecule has 1 amide bonds. The Balaban J connectivity index is 1.91. The minimum atomic E-state index is -0.214. The Hall–Kier alpha value is -3.00. The topological polar surface area (TPSA) is 74.2 Å². The first-order valence-corrected chi connectivity index (χ1v) is 6.40. The molecule has 0 saturated heterocycles. The molecule has 106 valence electrons. The van der Waals surface area contributed by atoms with Gasteiger partial charge in [0, 0.05) is 5.69 Å². The van der Waals surface area contributed by atoms with E-state index < -0.39 is 0 Å². The van der Waals surface area contributed by atoms with Gasteiger partial charge in [0.1, 0.15) is 11.8 Å². The molecule has 0 aromatic heterocycles. The molecule has 0 spiro atoms. The first-order valence-electron chi connectivity index (χ1n) is 6.40. The van der Waals surface area contributed by atoms with Gasteiger partial charge in [-0.1, -0.05) is 12.1 Å². The lowest BCUT2D eigenvalue weighted by Crippen LogP contribution is -2.22. The van der Waals surface area contributed by atoms with Crippen LogP contribution in [-0.4, -0.2) is 19.6 Å². The van der Waals surface area contributed by atoms with Crippen molar-refractivity contribution >= 4 is 17.3 Å². The Morgan fingerprint density at radius 3 is 2.57 bits per heavy atom. The second kappa shape index (κ2) is 6.96. The van der Waals surface area contributed by atoms with Crippen LogP contribution in [0.2, 0.25) is 0 Å². The number of anilines is 2. The molecule has 0 aliphatic heterocycles. The number of para-hydroxylation sites is 1. The number of nitriles is 1. The van der Waals surface area contributed by atoms with Crippen molar-refractivity contribution < 1.29 is 9.53 Å². The van der Waals surface area contributed by atoms with E-state index in [0.717, 1.165) is 11.4 Å². The highest BCUT2D eigenvalue weighted by molar-refractivity contribution is 5.94. The zero-order valence-corrected chi connectivity index (χ0v) is 11.6. The van der Waals surface area contributed by atoms with Gasteiger partial charge in [-0.05, 0) is 36.4 Å². The van der Waals surface area contributed by atoms with E-state index in [9.17, 15) is 4.79 Å². The second-order valence-electron chi connectivity index (χ2n) is 4.29. The first-order chi connectivity index (χ1) is 10.2. The van der Waals surface area contributed by atoms with Crippen molar-refractivity contribution in [3.8, 4) is 11.8 Å². The molecule has 0 aliphatic carbocycles. The molecule has 2 aromatic rings. The third-order valence-electron chi connectivity index (χ3n) is 2.86. The Morgan fingerprint density at radius 2 is 1.90 bits per heavy atom. The quantitative estimate of drug-likeness (QED) is 0.883. The van der Waals surface area contributed by atoms with Crippen LogP contribution in [0, 0.1) is 11.3 Å². The zero-order chi connectivity index (χ0) is 15.1. The third kappa shape index (κ3) is 3.98. The van der Waals surface area contributed by atoms with Gasteiger partial charge < -0.3 is 15.4 Å². The first kappa shape index (κ1) is 14.4. The van der Waals surface area contributed by atoms with Gasteiger partial charge in [0.05, 0.1) is 24.9 Å². The normalized spacial score (nSPS) is 9.52. The van der Waals surface area contributed by atoms with Crippen molar-refractivity contribution in [2.45, 2.75) is 0 Å². The van der Waals surface area contributed by atoms with E-state index in [-0.39, 0.29) is 12.5 Å². The van der Waals surface area contributed by atoms with Crippen LogP contribution in [0.15, 0.2) is 48.5 Å². The van der Waals surface area contributed by atoms with Gasteiger partial charge in [-0.25, -0.2) is 0 Å². The smallest absolute Gasteiger partial charge is 0.243 e. The van der Waals surface area contributed by atoms with Crippen LogP contribution in [0.25, 0.3) is 0 Å². The lowest BCUT2D eigenvalue weighted by molar-refractivity contribution is -0.114. The Kier molecular flexibility index (Phi) is 4.78. The molecule has 0 saturated carbocycles. The van der Waals surface area contributed by atoms with Gasteiger partial charge in [0.25, 0.3) is 0 Å². The van der Waals surface area contributed by atoms with Gasteiger partial charge in [0.15, 0.2) is 0 Å². The summed E-state index contributed by atoms with van der Waals surface area (Å²) in [4.78, 5) is 11.9. The SMILES string of the molecule is COc1ccc(NCC(=O)Nc2ccccc2C#N)cc1. The van der Waals surface area contributed by atoms with Crippen LogP contribution in [0.5, 0.6) is 5.75 Å². The van der Waals surface area contributed by atoms with E-state index in [2.05, 4.69) is 10.6 Å². The summed E-state index contributed by atoms with van der Waals surface area (Å²) in [5, 5.41) is 14.7. The lowest BCUT2D eigenvalue weighted by atomic mass is 10.2. The number of rotatable bonds is 5. The highest BCUT2D eigenvalue weighted by atomic mass is 16.5. The fraction of sp³-hybridized carbons (Fsp3) is 0.125. The number of nitrogens with zero attached hydrogens (tertiary/aromatic N) is 1. The molecular weight excluding hydrogens is 266 g/mol. The fourth-order valence-corrected chi connectivity index (χ4v) is 1.78. The van der Waals surface area contributed by atoms with E-state index in [1.165, 1.54) is 0 Å². The Labute approximate surface area is 123 Å². The summed E-state index contributed by atoms with van der Waals surface area (Å²) >= 11 is 0. The number of hydrogen-bond donors (Lipinski definition) is 2. The molecule has 0 fully saturated rings. The van der Waals surface area contributed by atoms with Crippen molar-refractivity contribution in [3.63, 3.8) is 0 Å². The van der Waals surface area contributed by atoms with Gasteiger partial charge in [-0.15, -0.1) is 0 Å². The minimum Gasteiger partial charge on any atom is -0.497 e. The van der Waals surface area contributed by atoms with Gasteiger partial charge in [-0.2, -0.15) is 5.26 Å². The molecule has 0 heterocycles. The van der Waals surface area contributed by atoms with Crippen LogP contribution < -0.4 is 15.4 Å². The second-order valence-corrected chi connectivity index (χ2v) is 4.29. The number of methoxy groups -OCH3 is 1. The van der Waals surface area contributed by atoms with E-state index >= 15 is 0 Å². The van der Waals surface area contributed by atoms with E-state index in [4.69, 9.17) is 10.00 Å². The average molecular weight is 281 g/mol. The van der Waals surface area contributed by atoms with Crippen molar-refractivity contribution in [2.24, 2.45) is 0 Å². The number of ether oxygens (including phenoxy) is 1. The van der Waals surface area contributed by atoms with Crippen molar-refractivity contribution in [2.75, 3.05) is 24.3 Å². The largest absolute Gasteiger partial charge is 0.497 e. The van der Waals surface area contributed by atoms with Crippen LogP contribution in [0.1, 0.15) is 5.56 Å². The molecule has 5 nitrogen and oxygen atoms in total. The average Bonchev–Trinajstić information content (AvgIpc) is 2.54. The lowest BCUT2D eigenvalue weighted by Gasteiger charge is -2.09. The monoisotopic (exact) mass is 281 g/mol. The maximum atomic E-state index is 11.9. The van der Waals surface area contributed by atoms with Crippen LogP contribution >= 0.6 is 0 Å². The molecule has 21 heavy (non-hydrogen) atoms. The zero-order valence-electron chi connectivity index (χ0n) is 11.6. The number of hydrogen-bond acceptors (Lipinski definition) is 4. The molecule has 2 rings (SSSR count). The summed E-state index contributed by atoms with van der Waals surface area (Å²) in [6, 6.07) is 16.2. The predicted molar refractivity (Wildman–Crippen MR) is 81.3 cm³/mol. The Bertz CT molecular complexity index is 660. The predicted octanol–water partition coefficient (Wildman–Crippen LogP) is 2.62. The van der Waals surface area contributed by atoms with Crippen molar-refractivity contribution in [3.05, 3.63) is 54.1 Å². The summed E-state index contributed by atoms with van der Waals surface area (Å²) in [5.74, 6) is 0.543. The molecule has 0 atom stereocenters. The minimum absolute atomic E-state index is 0.117. The number of nitrogens with one attached hydrogen (secondary N) is 2. The van der Waals surface area contributed by atoms with Crippen molar-refractivity contribution in [1.82, 2.24) is 0 Å². The summed E-state index contributed by atoms with van der Waals surface area (Å²) < 4.78 is 5.06. The summed E-state index contributed by atoms with van der Waals surface area (Å²) in [6.07, 6.45) is 0. The standard InChI is InChI=1S/C16H15N3O2/c1-21-14-8-6-13(7-9-14)18-11-16(20)19-15-5-3-2-4-12(15)10-17/h2-9,18H,11H2,1H3,(H,19,20). The molecule has 0 bridgehead atoms. The van der Waals surface area contributed by atoms with Gasteiger partial charge >= 0.3 is 0 Å². The molecule has 2 N–H and O–H groups in total. The van der Waals surface area contributed by atoms with Crippen LogP contribution in [0.3, 0.4) is 0 Å². The maximum Gasteiger partial charge on any atom is 0.243 e. The fourth-order valence-electron chi connectivity index (χ4n) is 1.78. The van der Waals surface area contributed by atoms with Crippen LogP contribution in [0.4, 0.5) is 11.4 Å². The maximum absolute atomic E-state index is 11.9. The number of carbonyl (C=O) groups is 1. The molecule has 5 heteroatoms. The summed E-state index contributed by atoms with van der Waals surface area (Å²) in [6.45, 7) is 0.117. The molecule has 0 unspecified atom stereocenters. The molecular formula is C16H15N3O2. The van der Waals surface area contributed by atoms with Gasteiger partial charge in [-0.3, -0.25) is 4.79 Å². The summed E-state index contributed by atoms with van der Waals surface area (Å²) in [7, 11) is 1.60. The number of benzene rings is 2. The van der Waals surface area contributed by atoms with E-state index in [0.29, 0.717) is 11.3 Å². The molecule has 0 aliphatic rings. The Morgan fingerprint density at radius 1 is 1.19 bits per heavy atom. The third-order valence-corrected chi connectivity index (χ3v) is 2.86. The summed E-state index contributed by atoms with van der Waals surface area (Å²) in [5.41, 5.74) is 1.77. The number of amides is 1. The highest BCUT2D eigenvalue weighted by Crippen LogP contribution is 2.15. The van der Waals surface area contributed by atoms with Crippen LogP contribution in [-0.2, 0) is 4.79 Å². The molecule has 2 aromatic carbocycles. The van der Waals surface area contributed by atoms with E-state index in [1.807, 2.05) is 30.3 Å². The highest BCUT2D eigenvalue weighted by Gasteiger charge is 2.06. The number of carbonyl (C=O) groups excluding carboxylic acids is 1. The van der Waals surface area contributed by atoms with Gasteiger partial charge in [0.2, 0.25) is 5.91 Å². The van der Waals surface area contributed by atoms with E-state index in [1.54, 1.807) is 31.4 Å². The van der Waals surface area contributed by atoms with Crippen molar-refractivity contribution in [1.29, 1.82) is 5.26 Å². The molecule has 0 radical (unpaired) electrons.